The Kier molecular flexibility index (Phi) is 9.84. The Labute approximate surface area is 214 Å². The maximum atomic E-state index is 12.4. The summed E-state index contributed by atoms with van der Waals surface area (Å²) in [5.41, 5.74) is 2.59. The summed E-state index contributed by atoms with van der Waals surface area (Å²) in [6, 6.07) is 21.0. The third kappa shape index (κ3) is 7.35. The lowest BCUT2D eigenvalue weighted by Crippen LogP contribution is -2.42. The van der Waals surface area contributed by atoms with E-state index < -0.39 is 0 Å². The molecule has 2 aliphatic heterocycles. The summed E-state index contributed by atoms with van der Waals surface area (Å²) in [5, 5.41) is 6.93. The predicted octanol–water partition coefficient (Wildman–Crippen LogP) is 3.39. The van der Waals surface area contributed by atoms with Crippen molar-refractivity contribution in [3.63, 3.8) is 0 Å². The molecule has 178 valence electrons. The number of anilines is 1. The van der Waals surface area contributed by atoms with Crippen molar-refractivity contribution in [2.45, 2.75) is 19.3 Å². The van der Waals surface area contributed by atoms with Crippen LogP contribution in [0.2, 0.25) is 0 Å². The largest absolute Gasteiger partial charge is 0.371 e. The van der Waals surface area contributed by atoms with Crippen molar-refractivity contribution in [1.29, 1.82) is 0 Å². The summed E-state index contributed by atoms with van der Waals surface area (Å²) in [6.07, 6.45) is 2.72. The first-order valence-electron chi connectivity index (χ1n) is 11.8. The smallest absolute Gasteiger partial charge is 0.223 e. The molecule has 33 heavy (non-hydrogen) atoms. The minimum atomic E-state index is 0. The molecule has 2 saturated heterocycles. The molecule has 2 atom stereocenters. The molecule has 2 aromatic rings. The van der Waals surface area contributed by atoms with Gasteiger partial charge in [0.25, 0.3) is 0 Å². The Morgan fingerprint density at radius 3 is 2.33 bits per heavy atom. The second kappa shape index (κ2) is 12.8. The highest BCUT2D eigenvalue weighted by Gasteiger charge is 2.29. The maximum absolute atomic E-state index is 12.4. The molecule has 0 aromatic heterocycles. The van der Waals surface area contributed by atoms with Gasteiger partial charge in [0.15, 0.2) is 5.96 Å². The van der Waals surface area contributed by atoms with Gasteiger partial charge in [-0.2, -0.15) is 0 Å². The van der Waals surface area contributed by atoms with Crippen LogP contribution < -0.4 is 15.5 Å². The van der Waals surface area contributed by atoms with Crippen molar-refractivity contribution in [2.24, 2.45) is 16.8 Å². The highest BCUT2D eigenvalue weighted by atomic mass is 127. The van der Waals surface area contributed by atoms with E-state index in [4.69, 9.17) is 0 Å². The molecule has 2 aromatic carbocycles. The SMILES string of the molecule is CN=C(NCC1CC(=O)N(CCc2ccccc2)C1)NCC1CCN(c2ccccc2)C1.I. The van der Waals surface area contributed by atoms with Gasteiger partial charge in [-0.3, -0.25) is 9.79 Å². The molecule has 2 aliphatic rings. The van der Waals surface area contributed by atoms with Gasteiger partial charge in [0.05, 0.1) is 0 Å². The summed E-state index contributed by atoms with van der Waals surface area (Å²) in [6.45, 7) is 5.48. The number of guanidine groups is 1. The number of aliphatic imine (C=N–C) groups is 1. The summed E-state index contributed by atoms with van der Waals surface area (Å²) in [4.78, 5) is 21.3. The van der Waals surface area contributed by atoms with Gasteiger partial charge in [0.2, 0.25) is 5.91 Å². The van der Waals surface area contributed by atoms with E-state index in [9.17, 15) is 4.79 Å². The normalized spacial score (nSPS) is 20.6. The number of para-hydroxylation sites is 1. The quantitative estimate of drug-likeness (QED) is 0.295. The fraction of sp³-hybridized carbons (Fsp3) is 0.462. The number of carbonyl (C=O) groups excluding carboxylic acids is 1. The van der Waals surface area contributed by atoms with Crippen molar-refractivity contribution < 1.29 is 4.79 Å². The predicted molar refractivity (Wildman–Crippen MR) is 146 cm³/mol. The van der Waals surface area contributed by atoms with Crippen LogP contribution >= 0.6 is 24.0 Å². The van der Waals surface area contributed by atoms with E-state index in [2.05, 4.69) is 75.1 Å². The Morgan fingerprint density at radius 1 is 0.970 bits per heavy atom. The number of nitrogens with one attached hydrogen (secondary N) is 2. The molecule has 0 radical (unpaired) electrons. The molecule has 4 rings (SSSR count). The number of amides is 1. The lowest BCUT2D eigenvalue weighted by Gasteiger charge is -2.20. The molecule has 2 N–H and O–H groups in total. The van der Waals surface area contributed by atoms with Gasteiger partial charge in [-0.25, -0.2) is 0 Å². The second-order valence-corrected chi connectivity index (χ2v) is 8.92. The molecule has 2 unspecified atom stereocenters. The molecule has 7 heteroatoms. The van der Waals surface area contributed by atoms with Crippen LogP contribution in [0.5, 0.6) is 0 Å². The number of nitrogens with zero attached hydrogens (tertiary/aromatic N) is 3. The van der Waals surface area contributed by atoms with Gasteiger partial charge in [-0.05, 0) is 36.5 Å². The molecule has 0 saturated carbocycles. The highest BCUT2D eigenvalue weighted by Crippen LogP contribution is 2.23. The summed E-state index contributed by atoms with van der Waals surface area (Å²) in [7, 11) is 1.81. The number of halogens is 1. The first kappa shape index (κ1) is 25.3. The van der Waals surface area contributed by atoms with Crippen LogP contribution in [0.4, 0.5) is 5.69 Å². The summed E-state index contributed by atoms with van der Waals surface area (Å²) in [5.74, 6) is 2.04. The van der Waals surface area contributed by atoms with Crippen LogP contribution in [-0.4, -0.2) is 63.1 Å². The molecule has 0 aliphatic carbocycles. The first-order chi connectivity index (χ1) is 15.7. The van der Waals surface area contributed by atoms with Crippen LogP contribution in [0.15, 0.2) is 65.7 Å². The van der Waals surface area contributed by atoms with Crippen LogP contribution in [0.3, 0.4) is 0 Å². The Balaban J connectivity index is 0.00000306. The van der Waals surface area contributed by atoms with Crippen molar-refractivity contribution in [3.05, 3.63) is 66.2 Å². The standard InChI is InChI=1S/C26H35N5O.HI/c1-27-26(28-17-22-13-14-30(19-22)24-10-6-3-7-11-24)29-18-23-16-25(32)31(20-23)15-12-21-8-4-2-5-9-21;/h2-11,22-23H,12-20H2,1H3,(H2,27,28,29);1H. The third-order valence-electron chi connectivity index (χ3n) is 6.55. The molecule has 0 bridgehead atoms. The monoisotopic (exact) mass is 561 g/mol. The zero-order valence-electron chi connectivity index (χ0n) is 19.5. The zero-order valence-corrected chi connectivity index (χ0v) is 21.8. The number of rotatable bonds is 8. The first-order valence-corrected chi connectivity index (χ1v) is 11.8. The van der Waals surface area contributed by atoms with Crippen molar-refractivity contribution in [2.75, 3.05) is 51.2 Å². The van der Waals surface area contributed by atoms with E-state index in [0.29, 0.717) is 18.3 Å². The van der Waals surface area contributed by atoms with Gasteiger partial charge in [-0.1, -0.05) is 48.5 Å². The summed E-state index contributed by atoms with van der Waals surface area (Å²) < 4.78 is 0. The molecule has 2 fully saturated rings. The van der Waals surface area contributed by atoms with E-state index >= 15 is 0 Å². The highest BCUT2D eigenvalue weighted by molar-refractivity contribution is 14.0. The molecular weight excluding hydrogens is 525 g/mol. The average Bonchev–Trinajstić information content (AvgIpc) is 3.45. The molecule has 0 spiro atoms. The maximum Gasteiger partial charge on any atom is 0.223 e. The second-order valence-electron chi connectivity index (χ2n) is 8.92. The van der Waals surface area contributed by atoms with Gasteiger partial charge in [-0.15, -0.1) is 24.0 Å². The minimum absolute atomic E-state index is 0. The van der Waals surface area contributed by atoms with Gasteiger partial charge in [0.1, 0.15) is 0 Å². The fourth-order valence-electron chi connectivity index (χ4n) is 4.69. The van der Waals surface area contributed by atoms with E-state index in [-0.39, 0.29) is 29.9 Å². The number of hydrogen-bond acceptors (Lipinski definition) is 3. The van der Waals surface area contributed by atoms with Crippen molar-refractivity contribution in [1.82, 2.24) is 15.5 Å². The number of likely N-dealkylation sites (tertiary alicyclic amines) is 1. The van der Waals surface area contributed by atoms with Crippen LogP contribution in [0.25, 0.3) is 0 Å². The average molecular weight is 562 g/mol. The Bertz CT molecular complexity index is 892. The molecule has 2 heterocycles. The summed E-state index contributed by atoms with van der Waals surface area (Å²) >= 11 is 0. The third-order valence-corrected chi connectivity index (χ3v) is 6.55. The minimum Gasteiger partial charge on any atom is -0.371 e. The van der Waals surface area contributed by atoms with Crippen LogP contribution in [0, 0.1) is 11.8 Å². The van der Waals surface area contributed by atoms with E-state index in [1.807, 2.05) is 18.0 Å². The van der Waals surface area contributed by atoms with Crippen LogP contribution in [0.1, 0.15) is 18.4 Å². The fourth-order valence-corrected chi connectivity index (χ4v) is 4.69. The van der Waals surface area contributed by atoms with Gasteiger partial charge >= 0.3 is 0 Å². The number of hydrogen-bond donors (Lipinski definition) is 2. The molecule has 1 amide bonds. The van der Waals surface area contributed by atoms with Crippen molar-refractivity contribution >= 4 is 41.5 Å². The molecule has 6 nitrogen and oxygen atoms in total. The van der Waals surface area contributed by atoms with Crippen LogP contribution in [-0.2, 0) is 11.2 Å². The van der Waals surface area contributed by atoms with E-state index in [0.717, 1.165) is 51.6 Å². The topological polar surface area (TPSA) is 60.0 Å². The lowest BCUT2D eigenvalue weighted by molar-refractivity contribution is -0.127. The molecular formula is C26H36IN5O. The van der Waals surface area contributed by atoms with E-state index in [1.54, 1.807) is 0 Å². The van der Waals surface area contributed by atoms with Crippen molar-refractivity contribution in [3.8, 4) is 0 Å². The van der Waals surface area contributed by atoms with Gasteiger partial charge < -0.3 is 20.4 Å². The van der Waals surface area contributed by atoms with Gasteiger partial charge in [0, 0.05) is 64.3 Å². The van der Waals surface area contributed by atoms with E-state index in [1.165, 1.54) is 17.7 Å². The lowest BCUT2D eigenvalue weighted by atomic mass is 10.1. The Morgan fingerprint density at radius 2 is 1.64 bits per heavy atom. The Hall–Kier alpha value is -2.29. The number of carbonyl (C=O) groups is 1. The zero-order chi connectivity index (χ0) is 22.2. The number of benzene rings is 2.